The van der Waals surface area contributed by atoms with E-state index >= 15 is 0 Å². The number of carbonyl (C=O) groups excluding carboxylic acids is 1. The molecule has 2 heterocycles. The zero-order valence-electron chi connectivity index (χ0n) is 11.1. The van der Waals surface area contributed by atoms with Crippen LogP contribution in [-0.2, 0) is 11.3 Å². The van der Waals surface area contributed by atoms with E-state index in [1.54, 1.807) is 11.3 Å². The van der Waals surface area contributed by atoms with Crippen molar-refractivity contribution in [2.45, 2.75) is 13.5 Å². The molecule has 19 heavy (non-hydrogen) atoms. The summed E-state index contributed by atoms with van der Waals surface area (Å²) in [6.45, 7) is 6.66. The number of nitrogens with two attached hydrogens (primary N) is 1. The molecule has 1 aromatic rings. The molecule has 1 atom stereocenters. The second-order valence-electron chi connectivity index (χ2n) is 4.94. The first-order valence-corrected chi connectivity index (χ1v) is 7.75. The summed E-state index contributed by atoms with van der Waals surface area (Å²) in [5, 5.41) is 0. The minimum Gasteiger partial charge on any atom is -0.340 e. The Bertz CT molecular complexity index is 429. The standard InChI is InChI=1S/C13H20ClN3OS/c1-10(8-15)13(18)17-6-4-16(5-7-17)9-11-2-3-12(14)19-11/h2-3,10H,4-9,15H2,1H3. The lowest BCUT2D eigenvalue weighted by Gasteiger charge is -2.35. The summed E-state index contributed by atoms with van der Waals surface area (Å²) >= 11 is 7.55. The molecule has 2 N–H and O–H groups in total. The molecule has 1 amide bonds. The van der Waals surface area contributed by atoms with Crippen molar-refractivity contribution in [1.29, 1.82) is 0 Å². The van der Waals surface area contributed by atoms with Crippen molar-refractivity contribution in [2.24, 2.45) is 11.7 Å². The van der Waals surface area contributed by atoms with Gasteiger partial charge in [0.05, 0.1) is 4.34 Å². The minimum absolute atomic E-state index is 0.0670. The summed E-state index contributed by atoms with van der Waals surface area (Å²) in [6, 6.07) is 4.01. The Balaban J connectivity index is 1.81. The summed E-state index contributed by atoms with van der Waals surface area (Å²) in [7, 11) is 0. The third-order valence-corrected chi connectivity index (χ3v) is 4.68. The van der Waals surface area contributed by atoms with E-state index in [1.807, 2.05) is 17.9 Å². The maximum Gasteiger partial charge on any atom is 0.226 e. The quantitative estimate of drug-likeness (QED) is 0.920. The number of amides is 1. The molecule has 4 nitrogen and oxygen atoms in total. The number of rotatable bonds is 4. The van der Waals surface area contributed by atoms with E-state index in [4.69, 9.17) is 17.3 Å². The van der Waals surface area contributed by atoms with Crippen molar-refractivity contribution < 1.29 is 4.79 Å². The molecule has 0 aliphatic carbocycles. The number of thiophene rings is 1. The van der Waals surface area contributed by atoms with E-state index < -0.39 is 0 Å². The number of hydrogen-bond donors (Lipinski definition) is 1. The number of carbonyl (C=O) groups is 1. The highest BCUT2D eigenvalue weighted by Gasteiger charge is 2.24. The van der Waals surface area contributed by atoms with Crippen molar-refractivity contribution in [3.05, 3.63) is 21.3 Å². The number of nitrogens with zero attached hydrogens (tertiary/aromatic N) is 2. The summed E-state index contributed by atoms with van der Waals surface area (Å²) in [4.78, 5) is 17.6. The third-order valence-electron chi connectivity index (χ3n) is 3.47. The maximum absolute atomic E-state index is 12.0. The van der Waals surface area contributed by atoms with Crippen LogP contribution in [0.4, 0.5) is 0 Å². The van der Waals surface area contributed by atoms with Crippen molar-refractivity contribution in [1.82, 2.24) is 9.80 Å². The van der Waals surface area contributed by atoms with Gasteiger partial charge in [-0.1, -0.05) is 18.5 Å². The first kappa shape index (κ1) is 14.8. The van der Waals surface area contributed by atoms with Gasteiger partial charge < -0.3 is 10.6 Å². The molecule has 1 aliphatic heterocycles. The van der Waals surface area contributed by atoms with Gasteiger partial charge in [-0.25, -0.2) is 0 Å². The van der Waals surface area contributed by atoms with E-state index in [0.29, 0.717) is 6.54 Å². The molecule has 0 radical (unpaired) electrons. The molecule has 1 fully saturated rings. The lowest BCUT2D eigenvalue weighted by molar-refractivity contribution is -0.136. The first-order valence-electron chi connectivity index (χ1n) is 6.55. The van der Waals surface area contributed by atoms with Crippen LogP contribution in [0.15, 0.2) is 12.1 Å². The lowest BCUT2D eigenvalue weighted by atomic mass is 10.1. The van der Waals surface area contributed by atoms with Crippen LogP contribution in [-0.4, -0.2) is 48.4 Å². The van der Waals surface area contributed by atoms with E-state index in [1.165, 1.54) is 4.88 Å². The van der Waals surface area contributed by atoms with E-state index in [2.05, 4.69) is 11.0 Å². The fraction of sp³-hybridized carbons (Fsp3) is 0.615. The highest BCUT2D eigenvalue weighted by molar-refractivity contribution is 7.16. The Morgan fingerprint density at radius 2 is 2.11 bits per heavy atom. The normalized spacial score (nSPS) is 18.6. The van der Waals surface area contributed by atoms with Crippen LogP contribution in [0.2, 0.25) is 4.34 Å². The highest BCUT2D eigenvalue weighted by Crippen LogP contribution is 2.23. The molecular weight excluding hydrogens is 282 g/mol. The van der Waals surface area contributed by atoms with Gasteiger partial charge in [0.2, 0.25) is 5.91 Å². The average molecular weight is 302 g/mol. The number of piperazine rings is 1. The molecule has 0 saturated carbocycles. The fourth-order valence-electron chi connectivity index (χ4n) is 2.20. The topological polar surface area (TPSA) is 49.6 Å². The van der Waals surface area contributed by atoms with Crippen LogP contribution in [0, 0.1) is 5.92 Å². The smallest absolute Gasteiger partial charge is 0.226 e. The zero-order valence-corrected chi connectivity index (χ0v) is 12.7. The summed E-state index contributed by atoms with van der Waals surface area (Å²) in [5.41, 5.74) is 5.54. The van der Waals surface area contributed by atoms with Gasteiger partial charge in [0.1, 0.15) is 0 Å². The molecule has 1 unspecified atom stereocenters. The molecule has 0 aromatic carbocycles. The summed E-state index contributed by atoms with van der Waals surface area (Å²) in [5.74, 6) is 0.115. The molecule has 1 aliphatic rings. The van der Waals surface area contributed by atoms with E-state index in [9.17, 15) is 4.79 Å². The van der Waals surface area contributed by atoms with Gasteiger partial charge in [0.25, 0.3) is 0 Å². The van der Waals surface area contributed by atoms with Crippen LogP contribution in [0.3, 0.4) is 0 Å². The Labute approximate surface area is 123 Å². The summed E-state index contributed by atoms with van der Waals surface area (Å²) < 4.78 is 0.834. The van der Waals surface area contributed by atoms with Gasteiger partial charge in [-0.15, -0.1) is 11.3 Å². The van der Waals surface area contributed by atoms with Crippen molar-refractivity contribution in [3.63, 3.8) is 0 Å². The maximum atomic E-state index is 12.0. The van der Waals surface area contributed by atoms with E-state index in [0.717, 1.165) is 37.1 Å². The first-order chi connectivity index (χ1) is 9.10. The fourth-order valence-corrected chi connectivity index (χ4v) is 3.33. The minimum atomic E-state index is -0.0670. The SMILES string of the molecule is CC(CN)C(=O)N1CCN(Cc2ccc(Cl)s2)CC1. The van der Waals surface area contributed by atoms with Crippen LogP contribution in [0.1, 0.15) is 11.8 Å². The van der Waals surface area contributed by atoms with Crippen LogP contribution >= 0.6 is 22.9 Å². The molecular formula is C13H20ClN3OS. The second-order valence-corrected chi connectivity index (χ2v) is 6.74. The Morgan fingerprint density at radius 3 is 2.63 bits per heavy atom. The highest BCUT2D eigenvalue weighted by atomic mass is 35.5. The molecule has 106 valence electrons. The molecule has 6 heteroatoms. The Morgan fingerprint density at radius 1 is 1.42 bits per heavy atom. The van der Waals surface area contributed by atoms with Crippen LogP contribution < -0.4 is 5.73 Å². The Kier molecular flexibility index (Phi) is 5.21. The van der Waals surface area contributed by atoms with E-state index in [-0.39, 0.29) is 11.8 Å². The van der Waals surface area contributed by atoms with Gasteiger partial charge in [-0.3, -0.25) is 9.69 Å². The molecule has 0 bridgehead atoms. The predicted molar refractivity (Wildman–Crippen MR) is 79.4 cm³/mol. The van der Waals surface area contributed by atoms with Gasteiger partial charge in [-0.05, 0) is 12.1 Å². The second kappa shape index (κ2) is 6.70. The van der Waals surface area contributed by atoms with Crippen LogP contribution in [0.5, 0.6) is 0 Å². The monoisotopic (exact) mass is 301 g/mol. The molecule has 1 aromatic heterocycles. The summed E-state index contributed by atoms with van der Waals surface area (Å²) in [6.07, 6.45) is 0. The van der Waals surface area contributed by atoms with Gasteiger partial charge >= 0.3 is 0 Å². The molecule has 0 spiro atoms. The van der Waals surface area contributed by atoms with Gasteiger partial charge in [0.15, 0.2) is 0 Å². The molecule has 1 saturated heterocycles. The Hall–Kier alpha value is -0.620. The van der Waals surface area contributed by atoms with Crippen molar-refractivity contribution in [2.75, 3.05) is 32.7 Å². The largest absolute Gasteiger partial charge is 0.340 e. The van der Waals surface area contributed by atoms with Gasteiger partial charge in [0, 0.05) is 50.1 Å². The zero-order chi connectivity index (χ0) is 13.8. The average Bonchev–Trinajstić information content (AvgIpc) is 2.83. The van der Waals surface area contributed by atoms with Crippen molar-refractivity contribution in [3.8, 4) is 0 Å². The third kappa shape index (κ3) is 3.92. The number of halogens is 1. The van der Waals surface area contributed by atoms with Crippen LogP contribution in [0.25, 0.3) is 0 Å². The van der Waals surface area contributed by atoms with Crippen molar-refractivity contribution >= 4 is 28.8 Å². The van der Waals surface area contributed by atoms with Gasteiger partial charge in [-0.2, -0.15) is 0 Å². The molecule has 2 rings (SSSR count). The predicted octanol–water partition coefficient (Wildman–Crippen LogP) is 1.64. The number of hydrogen-bond acceptors (Lipinski definition) is 4. The lowest BCUT2D eigenvalue weighted by Crippen LogP contribution is -2.50.